The Hall–Kier alpha value is -3.71. The van der Waals surface area contributed by atoms with E-state index in [-0.39, 0.29) is 17.3 Å². The van der Waals surface area contributed by atoms with Crippen LogP contribution in [-0.2, 0) is 6.54 Å². The summed E-state index contributed by atoms with van der Waals surface area (Å²) in [7, 11) is 0. The van der Waals surface area contributed by atoms with Gasteiger partial charge in [0.25, 0.3) is 0 Å². The molecule has 0 fully saturated rings. The number of hydrogen-bond donors (Lipinski definition) is 2. The smallest absolute Gasteiger partial charge is 0.206 e. The van der Waals surface area contributed by atoms with Gasteiger partial charge in [-0.2, -0.15) is 5.10 Å². The summed E-state index contributed by atoms with van der Waals surface area (Å²) in [5.74, 6) is -0.510. The van der Waals surface area contributed by atoms with E-state index in [0.717, 1.165) is 5.56 Å². The van der Waals surface area contributed by atoms with E-state index in [1.807, 2.05) is 30.3 Å². The highest BCUT2D eigenvalue weighted by molar-refractivity contribution is 7.07. The van der Waals surface area contributed by atoms with E-state index in [0.29, 0.717) is 28.2 Å². The first-order chi connectivity index (χ1) is 14.6. The molecule has 0 atom stereocenters. The zero-order valence-electron chi connectivity index (χ0n) is 15.8. The van der Waals surface area contributed by atoms with Gasteiger partial charge >= 0.3 is 0 Å². The summed E-state index contributed by atoms with van der Waals surface area (Å²) in [4.78, 5) is 5.23. The van der Waals surface area contributed by atoms with Gasteiger partial charge in [0, 0.05) is 22.6 Å². The molecule has 0 amide bonds. The van der Waals surface area contributed by atoms with E-state index in [4.69, 9.17) is 0 Å². The standard InChI is InChI=1S/C23H18FN3O2S/c24-20-9-5-4-8-19(20)21-15-30-23(25-13-16-6-2-1-3-7-16)27(21)26-14-17-10-11-18(28)12-22(17)29/h1-12,14-15,28-29H,13H2. The largest absolute Gasteiger partial charge is 0.508 e. The number of aromatic nitrogens is 1. The van der Waals surface area contributed by atoms with Gasteiger partial charge in [0.2, 0.25) is 4.80 Å². The van der Waals surface area contributed by atoms with Gasteiger partial charge in [-0.1, -0.05) is 42.5 Å². The predicted octanol–water partition coefficient (Wildman–Crippen LogP) is 4.75. The number of phenolic OH excluding ortho intramolecular Hbond substituents is 2. The Bertz CT molecular complexity index is 1260. The van der Waals surface area contributed by atoms with E-state index < -0.39 is 0 Å². The molecule has 7 heteroatoms. The lowest BCUT2D eigenvalue weighted by Crippen LogP contribution is -2.12. The van der Waals surface area contributed by atoms with Gasteiger partial charge < -0.3 is 10.2 Å². The number of rotatable bonds is 5. The van der Waals surface area contributed by atoms with Gasteiger partial charge in [-0.3, -0.25) is 4.99 Å². The SMILES string of the molecule is Oc1ccc(C=Nn2c(-c3ccccc3F)csc2=NCc2ccccc2)c(O)c1. The number of thiazole rings is 1. The van der Waals surface area contributed by atoms with Crippen molar-refractivity contribution >= 4 is 17.6 Å². The van der Waals surface area contributed by atoms with Crippen molar-refractivity contribution in [3.05, 3.63) is 99.9 Å². The monoisotopic (exact) mass is 419 g/mol. The maximum atomic E-state index is 14.4. The van der Waals surface area contributed by atoms with Crippen molar-refractivity contribution < 1.29 is 14.6 Å². The van der Waals surface area contributed by atoms with E-state index in [1.54, 1.807) is 34.3 Å². The van der Waals surface area contributed by atoms with Gasteiger partial charge in [-0.15, -0.1) is 11.3 Å². The van der Waals surface area contributed by atoms with Crippen LogP contribution in [0.25, 0.3) is 11.3 Å². The first kappa shape index (κ1) is 19.6. The highest BCUT2D eigenvalue weighted by atomic mass is 32.1. The van der Waals surface area contributed by atoms with E-state index >= 15 is 0 Å². The Kier molecular flexibility index (Phi) is 5.72. The fourth-order valence-electron chi connectivity index (χ4n) is 2.88. The number of halogens is 1. The highest BCUT2D eigenvalue weighted by Crippen LogP contribution is 2.24. The Morgan fingerprint density at radius 1 is 0.967 bits per heavy atom. The molecule has 4 aromatic rings. The third-order valence-electron chi connectivity index (χ3n) is 4.40. The van der Waals surface area contributed by atoms with Crippen molar-refractivity contribution in [3.8, 4) is 22.8 Å². The van der Waals surface area contributed by atoms with Crippen LogP contribution in [0.4, 0.5) is 4.39 Å². The zero-order valence-corrected chi connectivity index (χ0v) is 16.6. The summed E-state index contributed by atoms with van der Waals surface area (Å²) >= 11 is 1.35. The third-order valence-corrected chi connectivity index (χ3v) is 5.26. The first-order valence-corrected chi connectivity index (χ1v) is 10.1. The highest BCUT2D eigenvalue weighted by Gasteiger charge is 2.11. The van der Waals surface area contributed by atoms with Crippen LogP contribution in [0.3, 0.4) is 0 Å². The van der Waals surface area contributed by atoms with Gasteiger partial charge in [-0.25, -0.2) is 9.07 Å². The molecular formula is C23H18FN3O2S. The summed E-state index contributed by atoms with van der Waals surface area (Å²) in [6.07, 6.45) is 1.45. The molecule has 0 saturated heterocycles. The quantitative estimate of drug-likeness (QED) is 0.458. The summed E-state index contributed by atoms with van der Waals surface area (Å²) < 4.78 is 16.0. The van der Waals surface area contributed by atoms with Gasteiger partial charge in [-0.05, 0) is 29.8 Å². The number of aromatic hydroxyl groups is 2. The Balaban J connectivity index is 1.79. The second-order valence-electron chi connectivity index (χ2n) is 6.48. The van der Waals surface area contributed by atoms with Crippen LogP contribution in [0.5, 0.6) is 11.5 Å². The topological polar surface area (TPSA) is 70.1 Å². The lowest BCUT2D eigenvalue weighted by atomic mass is 10.1. The van der Waals surface area contributed by atoms with Crippen molar-refractivity contribution in [3.63, 3.8) is 0 Å². The second kappa shape index (κ2) is 8.75. The normalized spacial score (nSPS) is 12.0. The van der Waals surface area contributed by atoms with Crippen molar-refractivity contribution in [1.82, 2.24) is 4.68 Å². The minimum absolute atomic E-state index is 0.0431. The van der Waals surface area contributed by atoms with Crippen molar-refractivity contribution in [1.29, 1.82) is 0 Å². The van der Waals surface area contributed by atoms with Crippen LogP contribution >= 0.6 is 11.3 Å². The molecular weight excluding hydrogens is 401 g/mol. The molecule has 0 radical (unpaired) electrons. The molecule has 0 bridgehead atoms. The molecule has 0 spiro atoms. The molecule has 1 aromatic heterocycles. The third kappa shape index (κ3) is 4.31. The van der Waals surface area contributed by atoms with Crippen molar-refractivity contribution in [2.75, 3.05) is 0 Å². The molecule has 2 N–H and O–H groups in total. The Morgan fingerprint density at radius 3 is 2.50 bits per heavy atom. The van der Waals surface area contributed by atoms with Crippen LogP contribution in [0.15, 0.2) is 88.3 Å². The lowest BCUT2D eigenvalue weighted by Gasteiger charge is -2.05. The second-order valence-corrected chi connectivity index (χ2v) is 7.32. The molecule has 4 rings (SSSR count). The molecule has 1 heterocycles. The molecule has 5 nitrogen and oxygen atoms in total. The van der Waals surface area contributed by atoms with Crippen molar-refractivity contribution in [2.45, 2.75) is 6.54 Å². The molecule has 0 saturated carbocycles. The maximum absolute atomic E-state index is 14.4. The molecule has 30 heavy (non-hydrogen) atoms. The summed E-state index contributed by atoms with van der Waals surface area (Å²) in [6, 6.07) is 20.5. The molecule has 0 unspecified atom stereocenters. The van der Waals surface area contributed by atoms with Crippen LogP contribution < -0.4 is 4.80 Å². The van der Waals surface area contributed by atoms with E-state index in [9.17, 15) is 14.6 Å². The first-order valence-electron chi connectivity index (χ1n) is 9.18. The van der Waals surface area contributed by atoms with Crippen LogP contribution in [0.1, 0.15) is 11.1 Å². The van der Waals surface area contributed by atoms with Crippen LogP contribution in [0.2, 0.25) is 0 Å². The predicted molar refractivity (Wildman–Crippen MR) is 116 cm³/mol. The number of nitrogens with zero attached hydrogens (tertiary/aromatic N) is 3. The molecule has 3 aromatic carbocycles. The van der Waals surface area contributed by atoms with E-state index in [2.05, 4.69) is 10.1 Å². The fourth-order valence-corrected chi connectivity index (χ4v) is 3.71. The van der Waals surface area contributed by atoms with Gasteiger partial charge in [0.1, 0.15) is 17.3 Å². The fraction of sp³-hybridized carbons (Fsp3) is 0.0435. The average Bonchev–Trinajstić information content (AvgIpc) is 3.15. The van der Waals surface area contributed by atoms with E-state index in [1.165, 1.54) is 35.8 Å². The van der Waals surface area contributed by atoms with Crippen molar-refractivity contribution in [2.24, 2.45) is 10.1 Å². The Labute approximate surface area is 176 Å². The van der Waals surface area contributed by atoms with Gasteiger partial charge in [0.05, 0.1) is 18.5 Å². The minimum Gasteiger partial charge on any atom is -0.508 e. The summed E-state index contributed by atoms with van der Waals surface area (Å²) in [5.41, 5.74) is 2.42. The summed E-state index contributed by atoms with van der Waals surface area (Å²) in [6.45, 7) is 0.456. The minimum atomic E-state index is -0.360. The maximum Gasteiger partial charge on any atom is 0.206 e. The zero-order chi connectivity index (χ0) is 20.9. The molecule has 150 valence electrons. The summed E-state index contributed by atoms with van der Waals surface area (Å²) in [5, 5.41) is 25.8. The number of hydrogen-bond acceptors (Lipinski definition) is 5. The molecule has 0 aliphatic carbocycles. The van der Waals surface area contributed by atoms with Crippen LogP contribution in [-0.4, -0.2) is 21.1 Å². The average molecular weight is 419 g/mol. The number of benzene rings is 3. The van der Waals surface area contributed by atoms with Gasteiger partial charge in [0.15, 0.2) is 0 Å². The lowest BCUT2D eigenvalue weighted by molar-refractivity contribution is 0.450. The Morgan fingerprint density at radius 2 is 1.73 bits per heavy atom. The number of phenols is 2. The molecule has 0 aliphatic heterocycles. The molecule has 0 aliphatic rings. The van der Waals surface area contributed by atoms with Crippen LogP contribution in [0, 0.1) is 5.82 Å².